The van der Waals surface area contributed by atoms with Crippen molar-refractivity contribution in [2.24, 2.45) is 0 Å². The van der Waals surface area contributed by atoms with Gasteiger partial charge in [0.15, 0.2) is 23.3 Å². The molecule has 0 unspecified atom stereocenters. The predicted octanol–water partition coefficient (Wildman–Crippen LogP) is 3.30. The Balaban J connectivity index is 2.20. The second-order valence-corrected chi connectivity index (χ2v) is 5.60. The molecule has 0 aliphatic rings. The van der Waals surface area contributed by atoms with Crippen LogP contribution in [-0.2, 0) is 11.3 Å². The number of nitrogens with zero attached hydrogens (tertiary/aromatic N) is 1. The molecule has 1 atom stereocenters. The zero-order chi connectivity index (χ0) is 18.7. The summed E-state index contributed by atoms with van der Waals surface area (Å²) in [6, 6.07) is 4.91. The first-order chi connectivity index (χ1) is 11.7. The zero-order valence-electron chi connectivity index (χ0n) is 13.4. The first kappa shape index (κ1) is 18.9. The van der Waals surface area contributed by atoms with E-state index in [1.807, 2.05) is 0 Å². The van der Waals surface area contributed by atoms with Crippen LogP contribution in [-0.4, -0.2) is 24.9 Å². The number of halogens is 5. The Morgan fingerprint density at radius 2 is 1.72 bits per heavy atom. The fraction of sp³-hybridized carbons (Fsp3) is 0.235. The van der Waals surface area contributed by atoms with E-state index < -0.39 is 53.1 Å². The average Bonchev–Trinajstić information content (AvgIpc) is 2.55. The number of amides is 1. The molecule has 25 heavy (non-hydrogen) atoms. The Morgan fingerprint density at radius 3 is 2.32 bits per heavy atom. The molecule has 0 bridgehead atoms. The lowest BCUT2D eigenvalue weighted by Crippen LogP contribution is -2.37. The number of rotatable bonds is 5. The van der Waals surface area contributed by atoms with Gasteiger partial charge in [-0.15, -0.1) is 0 Å². The van der Waals surface area contributed by atoms with Gasteiger partial charge in [-0.2, -0.15) is 0 Å². The number of hydrogen-bond acceptors (Lipinski definition) is 2. The van der Waals surface area contributed by atoms with Crippen LogP contribution < -0.4 is 5.32 Å². The molecule has 0 aliphatic carbocycles. The summed E-state index contributed by atoms with van der Waals surface area (Å²) in [5.74, 6) is -8.17. The average molecular weight is 358 g/mol. The third-order valence-electron chi connectivity index (χ3n) is 3.56. The van der Waals surface area contributed by atoms with Crippen LogP contribution in [0.1, 0.15) is 17.2 Å². The van der Waals surface area contributed by atoms with E-state index in [0.29, 0.717) is 11.6 Å². The van der Waals surface area contributed by atoms with Crippen molar-refractivity contribution >= 4 is 5.91 Å². The second-order valence-electron chi connectivity index (χ2n) is 5.60. The summed E-state index contributed by atoms with van der Waals surface area (Å²) in [5, 5.41) is 2.31. The molecule has 0 aromatic heterocycles. The molecule has 1 amide bonds. The van der Waals surface area contributed by atoms with Gasteiger partial charge in [0.1, 0.15) is 11.9 Å². The van der Waals surface area contributed by atoms with Gasteiger partial charge in [0.25, 0.3) is 0 Å². The fourth-order valence-corrected chi connectivity index (χ4v) is 2.39. The molecule has 2 aromatic rings. The van der Waals surface area contributed by atoms with Crippen LogP contribution in [0.5, 0.6) is 0 Å². The first-order valence-electron chi connectivity index (χ1n) is 7.23. The van der Waals surface area contributed by atoms with Crippen molar-refractivity contribution in [1.82, 2.24) is 10.2 Å². The van der Waals surface area contributed by atoms with Crippen molar-refractivity contribution in [3.05, 3.63) is 70.5 Å². The van der Waals surface area contributed by atoms with Gasteiger partial charge in [-0.1, -0.05) is 12.1 Å². The molecule has 2 aromatic carbocycles. The van der Waals surface area contributed by atoms with Crippen molar-refractivity contribution in [3.8, 4) is 0 Å². The van der Waals surface area contributed by atoms with Crippen molar-refractivity contribution < 1.29 is 26.7 Å². The summed E-state index contributed by atoms with van der Waals surface area (Å²) in [6.07, 6.45) is 0. The standard InChI is InChI=1S/C17H15F5N2O/c1-24(2)16(9-4-3-5-11(18)6-9)17(25)23-8-10-7-12(19)14(21)15(22)13(10)20/h3-7,16H,8H2,1-2H3,(H,23,25)/t16-/m0/s1. The van der Waals surface area contributed by atoms with E-state index >= 15 is 0 Å². The quantitative estimate of drug-likeness (QED) is 0.505. The third-order valence-corrected chi connectivity index (χ3v) is 3.56. The molecule has 0 radical (unpaired) electrons. The maximum Gasteiger partial charge on any atom is 0.242 e. The van der Waals surface area contributed by atoms with Gasteiger partial charge in [-0.05, 0) is 37.9 Å². The predicted molar refractivity (Wildman–Crippen MR) is 80.9 cm³/mol. The minimum Gasteiger partial charge on any atom is -0.350 e. The van der Waals surface area contributed by atoms with E-state index in [4.69, 9.17) is 0 Å². The van der Waals surface area contributed by atoms with Gasteiger partial charge in [0, 0.05) is 12.1 Å². The van der Waals surface area contributed by atoms with Gasteiger partial charge in [-0.25, -0.2) is 22.0 Å². The summed E-state index contributed by atoms with van der Waals surface area (Å²) < 4.78 is 66.4. The minimum atomic E-state index is -1.95. The summed E-state index contributed by atoms with van der Waals surface area (Å²) in [4.78, 5) is 13.9. The molecular formula is C17H15F5N2O. The largest absolute Gasteiger partial charge is 0.350 e. The van der Waals surface area contributed by atoms with E-state index in [0.717, 1.165) is 0 Å². The van der Waals surface area contributed by atoms with Gasteiger partial charge in [-0.3, -0.25) is 9.69 Å². The van der Waals surface area contributed by atoms with Crippen LogP contribution in [0.15, 0.2) is 30.3 Å². The van der Waals surface area contributed by atoms with E-state index in [1.54, 1.807) is 14.1 Å². The number of likely N-dealkylation sites (N-methyl/N-ethyl adjacent to an activating group) is 1. The lowest BCUT2D eigenvalue weighted by atomic mass is 10.0. The molecular weight excluding hydrogens is 343 g/mol. The number of benzene rings is 2. The Morgan fingerprint density at radius 1 is 1.04 bits per heavy atom. The highest BCUT2D eigenvalue weighted by Gasteiger charge is 2.24. The van der Waals surface area contributed by atoms with Gasteiger partial charge in [0.2, 0.25) is 5.91 Å². The van der Waals surface area contributed by atoms with Crippen molar-refractivity contribution in [2.75, 3.05) is 14.1 Å². The summed E-state index contributed by atoms with van der Waals surface area (Å²) in [7, 11) is 3.15. The second kappa shape index (κ2) is 7.60. The van der Waals surface area contributed by atoms with Gasteiger partial charge < -0.3 is 5.32 Å². The first-order valence-corrected chi connectivity index (χ1v) is 7.23. The fourth-order valence-electron chi connectivity index (χ4n) is 2.39. The maximum atomic E-state index is 13.6. The van der Waals surface area contributed by atoms with Crippen LogP contribution in [0.4, 0.5) is 22.0 Å². The monoisotopic (exact) mass is 358 g/mol. The molecule has 134 valence electrons. The SMILES string of the molecule is CN(C)[C@H](C(=O)NCc1cc(F)c(F)c(F)c1F)c1cccc(F)c1. The van der Waals surface area contributed by atoms with Crippen LogP contribution >= 0.6 is 0 Å². The third kappa shape index (κ3) is 4.14. The lowest BCUT2D eigenvalue weighted by Gasteiger charge is -2.24. The van der Waals surface area contributed by atoms with Gasteiger partial charge >= 0.3 is 0 Å². The van der Waals surface area contributed by atoms with Crippen LogP contribution in [0.25, 0.3) is 0 Å². The topological polar surface area (TPSA) is 32.3 Å². The summed E-state index contributed by atoms with van der Waals surface area (Å²) in [6.45, 7) is -0.557. The Bertz CT molecular complexity index is 795. The van der Waals surface area contributed by atoms with Crippen molar-refractivity contribution in [1.29, 1.82) is 0 Å². The summed E-state index contributed by atoms with van der Waals surface area (Å²) in [5.41, 5.74) is -0.194. The van der Waals surface area contributed by atoms with Crippen LogP contribution in [0.3, 0.4) is 0 Å². The van der Waals surface area contributed by atoms with E-state index in [2.05, 4.69) is 5.32 Å². The number of carbonyl (C=O) groups is 1. The van der Waals surface area contributed by atoms with E-state index in [-0.39, 0.29) is 0 Å². The molecule has 0 saturated carbocycles. The maximum absolute atomic E-state index is 13.6. The minimum absolute atomic E-state index is 0.347. The smallest absolute Gasteiger partial charge is 0.242 e. The number of nitrogens with one attached hydrogen (secondary N) is 1. The highest BCUT2D eigenvalue weighted by atomic mass is 19.2. The number of carbonyl (C=O) groups excluding carboxylic acids is 1. The van der Waals surface area contributed by atoms with E-state index in [1.165, 1.54) is 29.2 Å². The molecule has 2 rings (SSSR count). The van der Waals surface area contributed by atoms with E-state index in [9.17, 15) is 26.7 Å². The highest BCUT2D eigenvalue weighted by Crippen LogP contribution is 2.21. The van der Waals surface area contributed by atoms with Crippen molar-refractivity contribution in [3.63, 3.8) is 0 Å². The lowest BCUT2D eigenvalue weighted by molar-refractivity contribution is -0.126. The molecule has 0 fully saturated rings. The number of hydrogen-bond donors (Lipinski definition) is 1. The molecule has 1 N–H and O–H groups in total. The molecule has 3 nitrogen and oxygen atoms in total. The molecule has 0 aliphatic heterocycles. The highest BCUT2D eigenvalue weighted by molar-refractivity contribution is 5.83. The normalized spacial score (nSPS) is 12.3. The molecule has 0 spiro atoms. The Hall–Kier alpha value is -2.48. The molecule has 8 heteroatoms. The Kier molecular flexibility index (Phi) is 5.73. The van der Waals surface area contributed by atoms with Crippen LogP contribution in [0, 0.1) is 29.1 Å². The molecule has 0 heterocycles. The molecule has 0 saturated heterocycles. The zero-order valence-corrected chi connectivity index (χ0v) is 13.4. The van der Waals surface area contributed by atoms with Crippen molar-refractivity contribution in [2.45, 2.75) is 12.6 Å². The Labute approximate surface area is 141 Å². The van der Waals surface area contributed by atoms with Crippen LogP contribution in [0.2, 0.25) is 0 Å². The van der Waals surface area contributed by atoms with Gasteiger partial charge in [0.05, 0.1) is 0 Å². The summed E-state index contributed by atoms with van der Waals surface area (Å²) >= 11 is 0.